The predicted octanol–water partition coefficient (Wildman–Crippen LogP) is 0.870. The fraction of sp³-hybridized carbons (Fsp3) is 0. The van der Waals surface area contributed by atoms with Crippen LogP contribution in [0, 0.1) is 0 Å². The van der Waals surface area contributed by atoms with E-state index in [2.05, 4.69) is 16.6 Å². The van der Waals surface area contributed by atoms with E-state index in [-0.39, 0.29) is 0 Å². The molecule has 0 aliphatic carbocycles. The number of rotatable bonds is 4. The molecular formula is C7H8N2O2. The molecule has 0 unspecified atom stereocenters. The summed E-state index contributed by atoms with van der Waals surface area (Å²) >= 11 is 0. The molecule has 0 heterocycles. The zero-order chi connectivity index (χ0) is 8.53. The molecule has 0 atom stereocenters. The number of hydrogen-bond donors (Lipinski definition) is 1. The largest absolute Gasteiger partial charge is 0.477 e. The first-order valence-electron chi connectivity index (χ1n) is 2.82. The van der Waals surface area contributed by atoms with E-state index in [1.807, 2.05) is 0 Å². The molecule has 0 radical (unpaired) electrons. The molecular weight excluding hydrogens is 144 g/mol. The van der Waals surface area contributed by atoms with Crippen LogP contribution < -0.4 is 0 Å². The van der Waals surface area contributed by atoms with Gasteiger partial charge in [-0.2, -0.15) is 0 Å². The number of aliphatic carboxylic acids is 1. The van der Waals surface area contributed by atoms with Crippen molar-refractivity contribution < 1.29 is 9.90 Å². The van der Waals surface area contributed by atoms with Crippen LogP contribution in [0.3, 0.4) is 0 Å². The fourth-order valence-electron chi connectivity index (χ4n) is 0.285. The summed E-state index contributed by atoms with van der Waals surface area (Å²) in [6.07, 6.45) is 6.50. The van der Waals surface area contributed by atoms with E-state index in [9.17, 15) is 4.79 Å². The summed E-state index contributed by atoms with van der Waals surface area (Å²) in [5.74, 6) is -1.09. The highest BCUT2D eigenvalue weighted by molar-refractivity contribution is 6.23. The molecule has 0 spiro atoms. The molecule has 0 rings (SSSR count). The van der Waals surface area contributed by atoms with Gasteiger partial charge in [-0.25, -0.2) is 14.8 Å². The molecule has 4 heteroatoms. The van der Waals surface area contributed by atoms with Crippen LogP contribution in [0.2, 0.25) is 0 Å². The van der Waals surface area contributed by atoms with Gasteiger partial charge in [0.1, 0.15) is 12.6 Å². The second kappa shape index (κ2) is 6.41. The highest BCUT2D eigenvalue weighted by Crippen LogP contribution is 1.73. The molecule has 0 fully saturated rings. The molecule has 1 N–H and O–H groups in total. The van der Waals surface area contributed by atoms with Crippen LogP contribution in [-0.2, 0) is 4.79 Å². The first kappa shape index (κ1) is 9.29. The Morgan fingerprint density at radius 2 is 2.18 bits per heavy atom. The monoisotopic (exact) mass is 152 g/mol. The summed E-state index contributed by atoms with van der Waals surface area (Å²) < 4.78 is 0. The zero-order valence-electron chi connectivity index (χ0n) is 5.84. The molecule has 0 saturated carbocycles. The molecule has 58 valence electrons. The lowest BCUT2D eigenvalue weighted by Gasteiger charge is -1.74. The van der Waals surface area contributed by atoms with Gasteiger partial charge in [0.2, 0.25) is 0 Å². The molecule has 0 amide bonds. The van der Waals surface area contributed by atoms with Crippen LogP contribution in [0.4, 0.5) is 0 Å². The van der Waals surface area contributed by atoms with Crippen molar-refractivity contribution in [3.63, 3.8) is 0 Å². The van der Waals surface area contributed by atoms with E-state index < -0.39 is 5.97 Å². The van der Waals surface area contributed by atoms with Gasteiger partial charge in [-0.3, -0.25) is 0 Å². The van der Waals surface area contributed by atoms with Gasteiger partial charge in [-0.1, -0.05) is 12.7 Å². The van der Waals surface area contributed by atoms with E-state index in [4.69, 9.17) is 5.11 Å². The van der Waals surface area contributed by atoms with Gasteiger partial charge < -0.3 is 5.11 Å². The molecule has 11 heavy (non-hydrogen) atoms. The van der Waals surface area contributed by atoms with Gasteiger partial charge >= 0.3 is 5.97 Å². The second-order valence-corrected chi connectivity index (χ2v) is 1.46. The van der Waals surface area contributed by atoms with Gasteiger partial charge in [0.05, 0.1) is 0 Å². The average molecular weight is 152 g/mol. The number of carboxylic acid groups (broad SMARTS) is 1. The van der Waals surface area contributed by atoms with Crippen LogP contribution in [-0.4, -0.2) is 23.6 Å². The normalized spacial score (nSPS) is 11.6. The quantitative estimate of drug-likeness (QED) is 0.369. The van der Waals surface area contributed by atoms with Crippen molar-refractivity contribution in [1.29, 1.82) is 0 Å². The Balaban J connectivity index is 3.68. The van der Waals surface area contributed by atoms with Gasteiger partial charge in [0, 0.05) is 6.20 Å². The fourth-order valence-corrected chi connectivity index (χ4v) is 0.285. The first-order chi connectivity index (χ1) is 5.27. The minimum atomic E-state index is -1.09. The lowest BCUT2D eigenvalue weighted by atomic mass is 10.6. The molecule has 0 aliphatic heterocycles. The van der Waals surface area contributed by atoms with E-state index in [0.717, 1.165) is 12.6 Å². The van der Waals surface area contributed by atoms with Crippen molar-refractivity contribution in [2.45, 2.75) is 0 Å². The van der Waals surface area contributed by atoms with Crippen LogP contribution in [0.15, 0.2) is 34.9 Å². The van der Waals surface area contributed by atoms with E-state index in [1.165, 1.54) is 6.20 Å². The number of carbonyl (C=O) groups is 1. The van der Waals surface area contributed by atoms with Gasteiger partial charge in [0.25, 0.3) is 0 Å². The summed E-state index contributed by atoms with van der Waals surface area (Å²) in [7, 11) is 0. The molecule has 0 saturated heterocycles. The highest BCUT2D eigenvalue weighted by atomic mass is 16.4. The molecule has 0 aromatic carbocycles. The summed E-state index contributed by atoms with van der Waals surface area (Å²) in [5, 5.41) is 8.07. The standard InChI is InChI=1S/C7H8N2O2/c1-2-3-4-8-6-9-5-7(10)11/h2-6H,1H2,(H,10,11)/b4-3-,8-6-,9-5+. The Kier molecular flexibility index (Phi) is 5.41. The van der Waals surface area contributed by atoms with Gasteiger partial charge in [0.15, 0.2) is 0 Å². The average Bonchev–Trinajstić information content (AvgIpc) is 1.96. The van der Waals surface area contributed by atoms with E-state index in [1.54, 1.807) is 12.2 Å². The number of aliphatic imine (C=N–C) groups is 2. The molecule has 4 nitrogen and oxygen atoms in total. The van der Waals surface area contributed by atoms with E-state index in [0.29, 0.717) is 0 Å². The summed E-state index contributed by atoms with van der Waals surface area (Å²) in [6.45, 7) is 3.41. The third kappa shape index (κ3) is 8.29. The minimum Gasteiger partial charge on any atom is -0.477 e. The molecule has 0 aromatic heterocycles. The molecule has 0 aromatic rings. The topological polar surface area (TPSA) is 62.0 Å². The number of nitrogens with zero attached hydrogens (tertiary/aromatic N) is 2. The smallest absolute Gasteiger partial charge is 0.347 e. The SMILES string of the molecule is C=C\C=C/N=C\N=C\C(=O)O. The van der Waals surface area contributed by atoms with Crippen molar-refractivity contribution in [2.75, 3.05) is 0 Å². The summed E-state index contributed by atoms with van der Waals surface area (Å²) in [4.78, 5) is 16.8. The van der Waals surface area contributed by atoms with Crippen molar-refractivity contribution >= 4 is 18.5 Å². The van der Waals surface area contributed by atoms with Crippen LogP contribution in [0.25, 0.3) is 0 Å². The van der Waals surface area contributed by atoms with Crippen LogP contribution in [0.5, 0.6) is 0 Å². The maximum absolute atomic E-state index is 9.84. The number of allylic oxidation sites excluding steroid dienone is 2. The van der Waals surface area contributed by atoms with Crippen molar-refractivity contribution in [3.05, 3.63) is 24.9 Å². The third-order valence-electron chi connectivity index (χ3n) is 0.627. The van der Waals surface area contributed by atoms with E-state index >= 15 is 0 Å². The van der Waals surface area contributed by atoms with Crippen molar-refractivity contribution in [3.8, 4) is 0 Å². The van der Waals surface area contributed by atoms with Crippen LogP contribution >= 0.6 is 0 Å². The highest BCUT2D eigenvalue weighted by Gasteiger charge is 1.81. The Morgan fingerprint density at radius 1 is 1.45 bits per heavy atom. The minimum absolute atomic E-state index is 0.755. The third-order valence-corrected chi connectivity index (χ3v) is 0.627. The Hall–Kier alpha value is -1.71. The van der Waals surface area contributed by atoms with Crippen LogP contribution in [0.1, 0.15) is 0 Å². The van der Waals surface area contributed by atoms with Gasteiger partial charge in [-0.05, 0) is 6.08 Å². The lowest BCUT2D eigenvalue weighted by molar-refractivity contribution is -0.128. The Morgan fingerprint density at radius 3 is 2.73 bits per heavy atom. The Labute approximate surface area is 64.3 Å². The molecule has 0 bridgehead atoms. The summed E-state index contributed by atoms with van der Waals surface area (Å²) in [6, 6.07) is 0. The van der Waals surface area contributed by atoms with Gasteiger partial charge in [-0.15, -0.1) is 0 Å². The first-order valence-corrected chi connectivity index (χ1v) is 2.82. The Bertz CT molecular complexity index is 216. The number of hydrogen-bond acceptors (Lipinski definition) is 2. The lowest BCUT2D eigenvalue weighted by Crippen LogP contribution is -1.94. The summed E-state index contributed by atoms with van der Waals surface area (Å²) in [5.41, 5.74) is 0. The maximum Gasteiger partial charge on any atom is 0.347 e. The van der Waals surface area contributed by atoms with Crippen molar-refractivity contribution in [1.82, 2.24) is 0 Å². The van der Waals surface area contributed by atoms with Crippen molar-refractivity contribution in [2.24, 2.45) is 9.98 Å². The molecule has 0 aliphatic rings. The zero-order valence-corrected chi connectivity index (χ0v) is 5.84. The predicted molar refractivity (Wildman–Crippen MR) is 44.0 cm³/mol. The maximum atomic E-state index is 9.84. The second-order valence-electron chi connectivity index (χ2n) is 1.46. The number of carboxylic acids is 1.